The Kier molecular flexibility index (Phi) is 15.0. The van der Waals surface area contributed by atoms with Gasteiger partial charge in [0.15, 0.2) is 6.10 Å². The van der Waals surface area contributed by atoms with Crippen LogP contribution in [0.1, 0.15) is 83.1 Å². The van der Waals surface area contributed by atoms with Gasteiger partial charge in [0.25, 0.3) is 0 Å². The van der Waals surface area contributed by atoms with Gasteiger partial charge in [0.2, 0.25) is 11.8 Å². The number of esters is 1. The molecule has 2 aromatic carbocycles. The molecule has 2 rings (SSSR count). The van der Waals surface area contributed by atoms with Gasteiger partial charge in [-0.1, -0.05) is 69.7 Å². The molecular formula is C36H57N4O5+. The maximum Gasteiger partial charge on any atom is 0.329 e. The van der Waals surface area contributed by atoms with Crippen LogP contribution in [0, 0.1) is 18.8 Å². The number of nitrogens with two attached hydrogens (primary N) is 1. The van der Waals surface area contributed by atoms with Crippen LogP contribution in [0.25, 0.3) is 0 Å². The summed E-state index contributed by atoms with van der Waals surface area (Å²) in [6, 6.07) is 12.9. The number of nitrogens with one attached hydrogen (secondary N) is 2. The first-order valence-electron chi connectivity index (χ1n) is 16.2. The van der Waals surface area contributed by atoms with Gasteiger partial charge >= 0.3 is 5.97 Å². The average molecular weight is 626 g/mol. The highest BCUT2D eigenvalue weighted by molar-refractivity contribution is 5.92. The Hall–Kier alpha value is -3.43. The first kappa shape index (κ1) is 37.8. The van der Waals surface area contributed by atoms with Crippen molar-refractivity contribution in [2.75, 3.05) is 34.3 Å². The maximum atomic E-state index is 13.4. The second-order valence-corrected chi connectivity index (χ2v) is 13.9. The minimum atomic E-state index is -0.949. The third-order valence-corrected chi connectivity index (χ3v) is 7.61. The quantitative estimate of drug-likeness (QED) is 0.123. The third-order valence-electron chi connectivity index (χ3n) is 7.61. The fourth-order valence-electron chi connectivity index (χ4n) is 4.73. The highest BCUT2D eigenvalue weighted by atomic mass is 16.5. The van der Waals surface area contributed by atoms with Crippen molar-refractivity contribution in [1.82, 2.24) is 10.6 Å². The number of carbonyl (C=O) groups excluding carboxylic acids is 3. The standard InChI is InChI=1S/C36H56N4O5/c1-24(2)23-31(39-35(42)32(37)25(3)4)34(41)38-27(6)36(43)45-33(28-15-13-26(5)14-16-28)29-17-19-30(20-18-29)44-22-12-10-11-21-40(7,8)9/h13-20,24-25,27,31-33H,10-12,21-23,37H2,1-9H3,(H-,38,39,41,42)/p+1. The molecule has 45 heavy (non-hydrogen) atoms. The monoisotopic (exact) mass is 625 g/mol. The number of hydrogen-bond acceptors (Lipinski definition) is 6. The van der Waals surface area contributed by atoms with E-state index in [0.717, 1.165) is 52.7 Å². The Morgan fingerprint density at radius 1 is 0.800 bits per heavy atom. The summed E-state index contributed by atoms with van der Waals surface area (Å²) in [6.45, 7) is 13.0. The molecule has 2 aromatic rings. The Morgan fingerprint density at radius 3 is 1.91 bits per heavy atom. The van der Waals surface area contributed by atoms with Gasteiger partial charge in [-0.3, -0.25) is 9.59 Å². The molecular weight excluding hydrogens is 568 g/mol. The van der Waals surface area contributed by atoms with E-state index in [0.29, 0.717) is 13.0 Å². The first-order chi connectivity index (χ1) is 21.1. The lowest BCUT2D eigenvalue weighted by molar-refractivity contribution is -0.870. The summed E-state index contributed by atoms with van der Waals surface area (Å²) in [5, 5.41) is 5.51. The molecule has 4 unspecified atom stereocenters. The molecule has 4 N–H and O–H groups in total. The molecule has 0 aromatic heterocycles. The lowest BCUT2D eigenvalue weighted by Crippen LogP contribution is -2.55. The summed E-state index contributed by atoms with van der Waals surface area (Å²) < 4.78 is 13.0. The molecule has 0 spiro atoms. The molecule has 9 nitrogen and oxygen atoms in total. The highest BCUT2D eigenvalue weighted by Crippen LogP contribution is 2.29. The van der Waals surface area contributed by atoms with Gasteiger partial charge in [-0.15, -0.1) is 0 Å². The number of benzene rings is 2. The van der Waals surface area contributed by atoms with E-state index >= 15 is 0 Å². The number of nitrogens with zero attached hydrogens (tertiary/aromatic N) is 1. The van der Waals surface area contributed by atoms with Crippen molar-refractivity contribution in [3.05, 3.63) is 65.2 Å². The van der Waals surface area contributed by atoms with Crippen LogP contribution in [0.3, 0.4) is 0 Å². The normalized spacial score (nSPS) is 14.4. The van der Waals surface area contributed by atoms with Crippen LogP contribution >= 0.6 is 0 Å². The fourth-order valence-corrected chi connectivity index (χ4v) is 4.73. The van der Waals surface area contributed by atoms with Gasteiger partial charge in [-0.2, -0.15) is 0 Å². The van der Waals surface area contributed by atoms with E-state index in [2.05, 4.69) is 31.8 Å². The van der Waals surface area contributed by atoms with E-state index in [1.807, 2.05) is 83.1 Å². The summed E-state index contributed by atoms with van der Waals surface area (Å²) in [7, 11) is 6.60. The van der Waals surface area contributed by atoms with Crippen molar-refractivity contribution in [2.24, 2.45) is 17.6 Å². The molecule has 0 saturated carbocycles. The Bertz CT molecular complexity index is 1210. The van der Waals surface area contributed by atoms with Crippen LogP contribution in [0.2, 0.25) is 0 Å². The molecule has 0 bridgehead atoms. The lowest BCUT2D eigenvalue weighted by Gasteiger charge is -2.25. The van der Waals surface area contributed by atoms with Gasteiger partial charge in [0.05, 0.1) is 40.3 Å². The summed E-state index contributed by atoms with van der Waals surface area (Å²) >= 11 is 0. The number of ether oxygens (including phenoxy) is 2. The smallest absolute Gasteiger partial charge is 0.329 e. The van der Waals surface area contributed by atoms with Crippen LogP contribution < -0.4 is 21.1 Å². The molecule has 0 aliphatic rings. The zero-order chi connectivity index (χ0) is 33.7. The van der Waals surface area contributed by atoms with Crippen molar-refractivity contribution < 1.29 is 28.3 Å². The molecule has 0 aliphatic heterocycles. The number of aryl methyl sites for hydroxylation is 1. The number of amides is 2. The van der Waals surface area contributed by atoms with Crippen molar-refractivity contribution in [3.8, 4) is 5.75 Å². The Labute approximate surface area is 270 Å². The van der Waals surface area contributed by atoms with Crippen molar-refractivity contribution in [1.29, 1.82) is 0 Å². The topological polar surface area (TPSA) is 120 Å². The summed E-state index contributed by atoms with van der Waals surface area (Å²) in [5.41, 5.74) is 8.69. The lowest BCUT2D eigenvalue weighted by atomic mass is 10.00. The molecule has 0 aliphatic carbocycles. The van der Waals surface area contributed by atoms with E-state index < -0.39 is 42.0 Å². The number of unbranched alkanes of at least 4 members (excludes halogenated alkanes) is 2. The average Bonchev–Trinajstić information content (AvgIpc) is 2.96. The number of quaternary nitrogens is 1. The molecule has 0 fully saturated rings. The number of rotatable bonds is 18. The zero-order valence-corrected chi connectivity index (χ0v) is 28.9. The van der Waals surface area contributed by atoms with Crippen LogP contribution in [0.15, 0.2) is 48.5 Å². The maximum absolute atomic E-state index is 13.4. The Morgan fingerprint density at radius 2 is 1.38 bits per heavy atom. The van der Waals surface area contributed by atoms with Crippen LogP contribution in [-0.4, -0.2) is 74.7 Å². The Balaban J connectivity index is 2.10. The minimum Gasteiger partial charge on any atom is -0.494 e. The molecule has 2 amide bonds. The summed E-state index contributed by atoms with van der Waals surface area (Å²) in [5.74, 6) is -0.629. The highest BCUT2D eigenvalue weighted by Gasteiger charge is 2.29. The van der Waals surface area contributed by atoms with E-state index in [1.54, 1.807) is 6.92 Å². The second kappa shape index (κ2) is 17.9. The third kappa shape index (κ3) is 13.6. The fraction of sp³-hybridized carbons (Fsp3) is 0.583. The first-order valence-corrected chi connectivity index (χ1v) is 16.2. The molecule has 250 valence electrons. The number of carbonyl (C=O) groups is 3. The van der Waals surface area contributed by atoms with Crippen LogP contribution in [-0.2, 0) is 19.1 Å². The number of hydrogen-bond donors (Lipinski definition) is 3. The van der Waals surface area contributed by atoms with Gasteiger partial charge < -0.3 is 30.3 Å². The zero-order valence-electron chi connectivity index (χ0n) is 28.9. The van der Waals surface area contributed by atoms with Crippen molar-refractivity contribution >= 4 is 17.8 Å². The summed E-state index contributed by atoms with van der Waals surface area (Å²) in [6.07, 6.45) is 2.98. The van der Waals surface area contributed by atoms with Gasteiger partial charge in [0, 0.05) is 0 Å². The largest absolute Gasteiger partial charge is 0.494 e. The van der Waals surface area contributed by atoms with Gasteiger partial charge in [-0.25, -0.2) is 4.79 Å². The molecule has 9 heteroatoms. The van der Waals surface area contributed by atoms with Crippen molar-refractivity contribution in [2.45, 2.75) is 91.5 Å². The van der Waals surface area contributed by atoms with Crippen molar-refractivity contribution in [3.63, 3.8) is 0 Å². The molecule has 0 heterocycles. The second-order valence-electron chi connectivity index (χ2n) is 13.9. The SMILES string of the molecule is Cc1ccc(C(OC(=O)C(C)NC(=O)C(CC(C)C)NC(=O)C(N)C(C)C)c2ccc(OCCCCC[N+](C)(C)C)cc2)cc1. The van der Waals surface area contributed by atoms with Gasteiger partial charge in [-0.05, 0) is 74.6 Å². The van der Waals surface area contributed by atoms with E-state index in [9.17, 15) is 14.4 Å². The van der Waals surface area contributed by atoms with E-state index in [1.165, 1.54) is 0 Å². The molecule has 4 atom stereocenters. The molecule has 0 radical (unpaired) electrons. The van der Waals surface area contributed by atoms with Gasteiger partial charge in [0.1, 0.15) is 17.8 Å². The predicted octanol–water partition coefficient (Wildman–Crippen LogP) is 4.90. The minimum absolute atomic E-state index is 0.0798. The molecule has 0 saturated heterocycles. The van der Waals surface area contributed by atoms with Crippen LogP contribution in [0.5, 0.6) is 5.75 Å². The van der Waals surface area contributed by atoms with E-state index in [4.69, 9.17) is 15.2 Å². The van der Waals surface area contributed by atoms with E-state index in [-0.39, 0.29) is 11.8 Å². The predicted molar refractivity (Wildman–Crippen MR) is 180 cm³/mol. The van der Waals surface area contributed by atoms with Crippen LogP contribution in [0.4, 0.5) is 0 Å². The summed E-state index contributed by atoms with van der Waals surface area (Å²) in [4.78, 5) is 39.2.